The summed E-state index contributed by atoms with van der Waals surface area (Å²) in [5.74, 6) is 1.33. The largest absolute Gasteiger partial charge is 0.469 e. The Bertz CT molecular complexity index is 1220. The van der Waals surface area contributed by atoms with E-state index in [0.29, 0.717) is 39.4 Å². The van der Waals surface area contributed by atoms with Crippen molar-refractivity contribution in [1.82, 2.24) is 0 Å². The first-order valence-corrected chi connectivity index (χ1v) is 9.10. The van der Waals surface area contributed by atoms with Crippen molar-refractivity contribution in [3.8, 4) is 22.8 Å². The van der Waals surface area contributed by atoms with Crippen LogP contribution in [0.25, 0.3) is 22.3 Å². The van der Waals surface area contributed by atoms with E-state index in [9.17, 15) is 9.59 Å². The summed E-state index contributed by atoms with van der Waals surface area (Å²) < 4.78 is 16.7. The van der Waals surface area contributed by atoms with E-state index >= 15 is 0 Å². The van der Waals surface area contributed by atoms with Crippen LogP contribution in [-0.4, -0.2) is 13.1 Å². The Kier molecular flexibility index (Phi) is 5.12. The van der Waals surface area contributed by atoms with Crippen LogP contribution in [0.15, 0.2) is 88.1 Å². The molecule has 0 unspecified atom stereocenters. The summed E-state index contributed by atoms with van der Waals surface area (Å²) >= 11 is 0. The number of esters is 1. The molecule has 0 radical (unpaired) electrons. The van der Waals surface area contributed by atoms with Gasteiger partial charge in [0.2, 0.25) is 0 Å². The van der Waals surface area contributed by atoms with Crippen LogP contribution in [0.2, 0.25) is 0 Å². The van der Waals surface area contributed by atoms with E-state index < -0.39 is 0 Å². The topological polar surface area (TPSA) is 65.7 Å². The van der Waals surface area contributed by atoms with E-state index in [-0.39, 0.29) is 17.8 Å². The molecule has 5 heteroatoms. The molecule has 29 heavy (non-hydrogen) atoms. The lowest BCUT2D eigenvalue weighted by Gasteiger charge is -2.11. The lowest BCUT2D eigenvalue weighted by Crippen LogP contribution is -2.06. The molecule has 0 amide bonds. The number of ether oxygens (including phenoxy) is 2. The van der Waals surface area contributed by atoms with Gasteiger partial charge in [-0.2, -0.15) is 0 Å². The number of benzene rings is 3. The Labute approximate surface area is 167 Å². The second-order valence-corrected chi connectivity index (χ2v) is 6.47. The second-order valence-electron chi connectivity index (χ2n) is 6.47. The van der Waals surface area contributed by atoms with Gasteiger partial charge in [-0.3, -0.25) is 9.59 Å². The molecular formula is C24H18O5. The van der Waals surface area contributed by atoms with E-state index in [2.05, 4.69) is 4.74 Å². The van der Waals surface area contributed by atoms with Gasteiger partial charge >= 0.3 is 5.97 Å². The molecule has 0 atom stereocenters. The predicted octanol–water partition coefficient (Wildman–Crippen LogP) is 4.97. The van der Waals surface area contributed by atoms with Crippen molar-refractivity contribution in [3.63, 3.8) is 0 Å². The third-order valence-electron chi connectivity index (χ3n) is 4.49. The fraction of sp³-hybridized carbons (Fsp3) is 0.0833. The maximum atomic E-state index is 12.7. The molecule has 0 aliphatic rings. The first-order chi connectivity index (χ1) is 14.1. The zero-order valence-electron chi connectivity index (χ0n) is 15.8. The summed E-state index contributed by atoms with van der Waals surface area (Å²) in [6.45, 7) is 0. The van der Waals surface area contributed by atoms with Gasteiger partial charge in [-0.1, -0.05) is 36.4 Å². The number of carbonyl (C=O) groups is 1. The van der Waals surface area contributed by atoms with Crippen LogP contribution in [0.4, 0.5) is 0 Å². The number of rotatable bonds is 5. The first kappa shape index (κ1) is 18.5. The number of hydrogen-bond donors (Lipinski definition) is 0. The molecule has 0 saturated heterocycles. The Morgan fingerprint density at radius 3 is 2.48 bits per heavy atom. The van der Waals surface area contributed by atoms with E-state index in [4.69, 9.17) is 9.15 Å². The van der Waals surface area contributed by atoms with Gasteiger partial charge in [-0.15, -0.1) is 0 Å². The van der Waals surface area contributed by atoms with Gasteiger partial charge in [0.15, 0.2) is 5.43 Å². The van der Waals surface area contributed by atoms with Crippen molar-refractivity contribution in [2.24, 2.45) is 0 Å². The van der Waals surface area contributed by atoms with Crippen molar-refractivity contribution in [2.75, 3.05) is 7.11 Å². The Balaban J connectivity index is 1.75. The smallest absolute Gasteiger partial charge is 0.309 e. The van der Waals surface area contributed by atoms with E-state index in [1.54, 1.807) is 18.2 Å². The quantitative estimate of drug-likeness (QED) is 0.453. The van der Waals surface area contributed by atoms with Crippen LogP contribution in [0.1, 0.15) is 5.56 Å². The summed E-state index contributed by atoms with van der Waals surface area (Å²) in [5, 5.41) is 0.414. The zero-order chi connectivity index (χ0) is 20.2. The molecule has 144 valence electrons. The fourth-order valence-corrected chi connectivity index (χ4v) is 3.06. The summed E-state index contributed by atoms with van der Waals surface area (Å²) in [4.78, 5) is 24.2. The fourth-order valence-electron chi connectivity index (χ4n) is 3.06. The third kappa shape index (κ3) is 4.04. The normalized spacial score (nSPS) is 10.7. The molecule has 1 aromatic heterocycles. The van der Waals surface area contributed by atoms with Crippen molar-refractivity contribution < 1.29 is 18.7 Å². The minimum atomic E-state index is -0.364. The Morgan fingerprint density at radius 1 is 0.931 bits per heavy atom. The van der Waals surface area contributed by atoms with Crippen LogP contribution in [0, 0.1) is 0 Å². The standard InChI is InChI=1S/C24H18O5/c1-27-24(26)14-16-11-12-22-19(13-16)20(25)15-23(29-22)18-9-5-6-10-21(18)28-17-7-3-2-4-8-17/h2-13,15H,14H2,1H3. The maximum Gasteiger partial charge on any atom is 0.309 e. The SMILES string of the molecule is COC(=O)Cc1ccc2oc(-c3ccccc3Oc3ccccc3)cc(=O)c2c1. The number of para-hydroxylation sites is 2. The van der Waals surface area contributed by atoms with Gasteiger partial charge < -0.3 is 13.9 Å². The Morgan fingerprint density at radius 2 is 1.69 bits per heavy atom. The molecule has 0 bridgehead atoms. The number of carbonyl (C=O) groups excluding carboxylic acids is 1. The van der Waals surface area contributed by atoms with Crippen molar-refractivity contribution in [2.45, 2.75) is 6.42 Å². The van der Waals surface area contributed by atoms with Gasteiger partial charge in [-0.05, 0) is 42.0 Å². The molecule has 3 aromatic carbocycles. The number of fused-ring (bicyclic) bond motifs is 1. The second kappa shape index (κ2) is 8.02. The molecule has 0 fully saturated rings. The van der Waals surface area contributed by atoms with Gasteiger partial charge in [0.05, 0.1) is 24.5 Å². The molecule has 4 aromatic rings. The minimum Gasteiger partial charge on any atom is -0.469 e. The number of hydrogen-bond acceptors (Lipinski definition) is 5. The molecule has 0 aliphatic heterocycles. The Hall–Kier alpha value is -3.86. The highest BCUT2D eigenvalue weighted by Gasteiger charge is 2.13. The highest BCUT2D eigenvalue weighted by molar-refractivity contribution is 5.82. The highest BCUT2D eigenvalue weighted by Crippen LogP contribution is 2.33. The van der Waals surface area contributed by atoms with Crippen molar-refractivity contribution >= 4 is 16.9 Å². The average Bonchev–Trinajstić information content (AvgIpc) is 2.75. The van der Waals surface area contributed by atoms with E-state index in [1.165, 1.54) is 13.2 Å². The molecule has 0 spiro atoms. The van der Waals surface area contributed by atoms with Gasteiger partial charge in [0.1, 0.15) is 22.8 Å². The van der Waals surface area contributed by atoms with E-state index in [1.807, 2.05) is 54.6 Å². The third-order valence-corrected chi connectivity index (χ3v) is 4.49. The average molecular weight is 386 g/mol. The first-order valence-electron chi connectivity index (χ1n) is 9.10. The zero-order valence-corrected chi connectivity index (χ0v) is 15.8. The van der Waals surface area contributed by atoms with Crippen LogP contribution in [-0.2, 0) is 16.0 Å². The van der Waals surface area contributed by atoms with Gasteiger partial charge in [-0.25, -0.2) is 0 Å². The minimum absolute atomic E-state index is 0.0986. The maximum absolute atomic E-state index is 12.7. The van der Waals surface area contributed by atoms with Crippen LogP contribution in [0.3, 0.4) is 0 Å². The van der Waals surface area contributed by atoms with Crippen LogP contribution < -0.4 is 10.2 Å². The molecule has 5 nitrogen and oxygen atoms in total. The molecule has 0 saturated carbocycles. The molecule has 4 rings (SSSR count). The van der Waals surface area contributed by atoms with Crippen molar-refractivity contribution in [1.29, 1.82) is 0 Å². The monoisotopic (exact) mass is 386 g/mol. The molecule has 1 heterocycles. The van der Waals surface area contributed by atoms with Gasteiger partial charge in [0.25, 0.3) is 0 Å². The van der Waals surface area contributed by atoms with Gasteiger partial charge in [0, 0.05) is 6.07 Å². The summed E-state index contributed by atoms with van der Waals surface area (Å²) in [6.07, 6.45) is 0.0986. The lowest BCUT2D eigenvalue weighted by atomic mass is 10.1. The molecule has 0 N–H and O–H groups in total. The summed E-state index contributed by atoms with van der Waals surface area (Å²) in [7, 11) is 1.33. The van der Waals surface area contributed by atoms with E-state index in [0.717, 1.165) is 0 Å². The lowest BCUT2D eigenvalue weighted by molar-refractivity contribution is -0.139. The highest BCUT2D eigenvalue weighted by atomic mass is 16.5. The van der Waals surface area contributed by atoms with Crippen LogP contribution >= 0.6 is 0 Å². The molecular weight excluding hydrogens is 368 g/mol. The summed E-state index contributed by atoms with van der Waals surface area (Å²) in [5.41, 5.74) is 1.62. The number of methoxy groups -OCH3 is 1. The summed E-state index contributed by atoms with van der Waals surface area (Å²) in [6, 6.07) is 23.3. The van der Waals surface area contributed by atoms with Crippen LogP contribution in [0.5, 0.6) is 11.5 Å². The molecule has 0 aliphatic carbocycles. The predicted molar refractivity (Wildman–Crippen MR) is 110 cm³/mol. The van der Waals surface area contributed by atoms with Crippen molar-refractivity contribution in [3.05, 3.63) is 94.6 Å².